The van der Waals surface area contributed by atoms with E-state index in [4.69, 9.17) is 4.74 Å². The van der Waals surface area contributed by atoms with Gasteiger partial charge < -0.3 is 14.8 Å². The first-order valence-corrected chi connectivity index (χ1v) is 16.1. The van der Waals surface area contributed by atoms with Crippen LogP contribution in [0.5, 0.6) is 0 Å². The fraction of sp³-hybridized carbons (Fsp3) is 0.406. The third-order valence-corrected chi connectivity index (χ3v) is 11.3. The van der Waals surface area contributed by atoms with Crippen molar-refractivity contribution < 1.29 is 62.2 Å². The van der Waals surface area contributed by atoms with E-state index >= 15 is 0 Å². The summed E-state index contributed by atoms with van der Waals surface area (Å²) in [7, 11) is -4.52. The average Bonchev–Trinajstić information content (AvgIpc) is 2.98. The van der Waals surface area contributed by atoms with Crippen LogP contribution in [0.3, 0.4) is 0 Å². The van der Waals surface area contributed by atoms with Gasteiger partial charge in [0.05, 0.1) is 11.5 Å². The van der Waals surface area contributed by atoms with Crippen molar-refractivity contribution in [3.8, 4) is 0 Å². The minimum atomic E-state index is -6.21. The van der Waals surface area contributed by atoms with Gasteiger partial charge in [-0.15, -0.1) is 0 Å². The van der Waals surface area contributed by atoms with Gasteiger partial charge in [0.1, 0.15) is 22.2 Å². The number of carbonyl (C=O) groups excluding carboxylic acids is 1. The lowest BCUT2D eigenvalue weighted by Crippen LogP contribution is -2.56. The Morgan fingerprint density at radius 2 is 1.38 bits per heavy atom. The molecule has 2 fully saturated rings. The van der Waals surface area contributed by atoms with Gasteiger partial charge in [-0.05, 0) is 67.6 Å². The van der Waals surface area contributed by atoms with Crippen LogP contribution in [0.25, 0.3) is 0 Å². The van der Waals surface area contributed by atoms with Crippen molar-refractivity contribution in [3.05, 3.63) is 101 Å². The third-order valence-electron chi connectivity index (χ3n) is 8.84. The molecule has 6 nitrogen and oxygen atoms in total. The van der Waals surface area contributed by atoms with E-state index in [-0.39, 0.29) is 29.3 Å². The van der Waals surface area contributed by atoms with Gasteiger partial charge >= 0.3 is 12.4 Å². The molecule has 1 amide bonds. The molecule has 1 aliphatic carbocycles. The first-order chi connectivity index (χ1) is 22.4. The minimum absolute atomic E-state index is 0.232. The molecule has 1 N–H and O–H groups in total. The number of carbonyl (C=O) groups is 1. The SMILES string of the molecule is O=C(NC1CCOCC1)[C@H]1C[C@@](c2ccc(C(OCc3c(F)cccc3F)(C(F)(F)F)C(F)(F)F)cc2)(S(=O)(=O)c2ccc(F)cc2)C1. The fourth-order valence-corrected chi connectivity index (χ4v) is 8.36. The van der Waals surface area contributed by atoms with E-state index in [0.29, 0.717) is 50.3 Å². The number of nitrogens with one attached hydrogen (secondary N) is 1. The molecule has 260 valence electrons. The van der Waals surface area contributed by atoms with Crippen molar-refractivity contribution in [2.45, 2.75) is 65.9 Å². The maximum absolute atomic E-state index is 14.4. The molecular formula is C32H28F9NO5S. The number of rotatable bonds is 9. The number of hydrogen-bond donors (Lipinski definition) is 1. The molecule has 2 aliphatic rings. The first kappa shape index (κ1) is 35.7. The second-order valence-corrected chi connectivity index (χ2v) is 14.0. The van der Waals surface area contributed by atoms with Crippen LogP contribution in [-0.4, -0.2) is 45.9 Å². The van der Waals surface area contributed by atoms with E-state index in [0.717, 1.165) is 42.5 Å². The molecule has 0 spiro atoms. The molecule has 0 radical (unpaired) electrons. The van der Waals surface area contributed by atoms with E-state index in [9.17, 15) is 52.7 Å². The standard InChI is InChI=1S/C32H28F9NO5S/c33-22-8-10-24(11-9-22)48(44,45)29(16-19(17-29)28(43)42-23-12-14-46-15-13-23)20-4-6-21(7-5-20)30(31(36,37)38,32(39,40)41)47-18-25-26(34)2-1-3-27(25)35/h1-11,19,23H,12-18H2,(H,42,43)/t19-,29+. The summed E-state index contributed by atoms with van der Waals surface area (Å²) in [6.07, 6.45) is -12.1. The van der Waals surface area contributed by atoms with Crippen LogP contribution in [0.2, 0.25) is 0 Å². The van der Waals surface area contributed by atoms with E-state index in [1.165, 1.54) is 0 Å². The smallest absolute Gasteiger partial charge is 0.381 e. The highest BCUT2D eigenvalue weighted by atomic mass is 32.2. The number of hydrogen-bond acceptors (Lipinski definition) is 5. The molecule has 1 aliphatic heterocycles. The van der Waals surface area contributed by atoms with Gasteiger partial charge in [-0.1, -0.05) is 30.3 Å². The second-order valence-electron chi connectivity index (χ2n) is 11.7. The monoisotopic (exact) mass is 709 g/mol. The second kappa shape index (κ2) is 13.0. The number of halogens is 9. The Balaban J connectivity index is 1.54. The van der Waals surface area contributed by atoms with Crippen molar-refractivity contribution in [2.24, 2.45) is 5.92 Å². The Hall–Kier alpha value is -3.63. The molecule has 0 unspecified atom stereocenters. The van der Waals surface area contributed by atoms with E-state index < -0.39 is 79.5 Å². The third kappa shape index (κ3) is 6.29. The zero-order chi connectivity index (χ0) is 35.1. The van der Waals surface area contributed by atoms with Gasteiger partial charge in [-0.2, -0.15) is 26.3 Å². The van der Waals surface area contributed by atoms with Crippen molar-refractivity contribution in [1.29, 1.82) is 0 Å². The first-order valence-electron chi connectivity index (χ1n) is 14.6. The van der Waals surface area contributed by atoms with Gasteiger partial charge in [-0.3, -0.25) is 4.79 Å². The summed E-state index contributed by atoms with van der Waals surface area (Å²) in [4.78, 5) is 12.7. The molecule has 5 rings (SSSR count). The van der Waals surface area contributed by atoms with Crippen LogP contribution in [0.4, 0.5) is 39.5 Å². The summed E-state index contributed by atoms with van der Waals surface area (Å²) >= 11 is 0. The topological polar surface area (TPSA) is 81.7 Å². The van der Waals surface area contributed by atoms with Crippen LogP contribution in [-0.2, 0) is 41.1 Å². The van der Waals surface area contributed by atoms with Crippen LogP contribution in [0, 0.1) is 23.4 Å². The van der Waals surface area contributed by atoms with Crippen LogP contribution < -0.4 is 5.32 Å². The zero-order valence-electron chi connectivity index (χ0n) is 24.8. The maximum atomic E-state index is 14.4. The maximum Gasteiger partial charge on any atom is 0.430 e. The van der Waals surface area contributed by atoms with Gasteiger partial charge in [0, 0.05) is 36.3 Å². The van der Waals surface area contributed by atoms with E-state index in [1.54, 1.807) is 0 Å². The molecule has 1 saturated heterocycles. The average molecular weight is 710 g/mol. The summed E-state index contributed by atoms with van der Waals surface area (Å²) in [6.45, 7) is -0.950. The number of sulfone groups is 1. The predicted molar refractivity (Wildman–Crippen MR) is 151 cm³/mol. The van der Waals surface area contributed by atoms with E-state index in [2.05, 4.69) is 10.1 Å². The normalized spacial score (nSPS) is 21.1. The molecule has 3 aromatic rings. The number of amides is 1. The molecule has 0 atom stereocenters. The molecule has 0 bridgehead atoms. The number of alkyl halides is 6. The molecule has 48 heavy (non-hydrogen) atoms. The highest BCUT2D eigenvalue weighted by Crippen LogP contribution is 2.56. The molecule has 0 aromatic heterocycles. The highest BCUT2D eigenvalue weighted by molar-refractivity contribution is 7.92. The van der Waals surface area contributed by atoms with Gasteiger partial charge in [0.2, 0.25) is 5.91 Å². The Kier molecular flexibility index (Phi) is 9.67. The summed E-state index contributed by atoms with van der Waals surface area (Å²) in [5.74, 6) is -4.99. The van der Waals surface area contributed by atoms with Gasteiger partial charge in [0.15, 0.2) is 9.84 Å². The lowest BCUT2D eigenvalue weighted by atomic mass is 9.69. The van der Waals surface area contributed by atoms with Crippen LogP contribution >= 0.6 is 0 Å². The lowest BCUT2D eigenvalue weighted by Gasteiger charge is -2.47. The Morgan fingerprint density at radius 1 is 0.833 bits per heavy atom. The van der Waals surface area contributed by atoms with Crippen molar-refractivity contribution >= 4 is 15.7 Å². The van der Waals surface area contributed by atoms with Crippen molar-refractivity contribution in [3.63, 3.8) is 0 Å². The molecule has 1 saturated carbocycles. The van der Waals surface area contributed by atoms with Gasteiger partial charge in [-0.25, -0.2) is 21.6 Å². The number of ether oxygens (including phenoxy) is 2. The van der Waals surface area contributed by atoms with Crippen molar-refractivity contribution in [2.75, 3.05) is 13.2 Å². The molecule has 16 heteroatoms. The lowest BCUT2D eigenvalue weighted by molar-refractivity contribution is -0.392. The predicted octanol–water partition coefficient (Wildman–Crippen LogP) is 7.02. The summed E-state index contributed by atoms with van der Waals surface area (Å²) in [6, 6.07) is 7.83. The Labute approximate surface area is 269 Å². The van der Waals surface area contributed by atoms with Gasteiger partial charge in [0.25, 0.3) is 5.60 Å². The number of benzene rings is 3. The highest BCUT2D eigenvalue weighted by Gasteiger charge is 2.73. The van der Waals surface area contributed by atoms with Crippen molar-refractivity contribution in [1.82, 2.24) is 5.32 Å². The fourth-order valence-electron chi connectivity index (χ4n) is 6.13. The summed E-state index contributed by atoms with van der Waals surface area (Å²) in [5, 5.41) is 2.82. The summed E-state index contributed by atoms with van der Waals surface area (Å²) < 4.78 is 164. The molecular weight excluding hydrogens is 681 g/mol. The van der Waals surface area contributed by atoms with E-state index in [1.807, 2.05) is 0 Å². The zero-order valence-corrected chi connectivity index (χ0v) is 25.6. The Morgan fingerprint density at radius 3 is 1.90 bits per heavy atom. The molecule has 1 heterocycles. The Bertz CT molecular complexity index is 1700. The quantitative estimate of drug-likeness (QED) is 0.191. The minimum Gasteiger partial charge on any atom is -0.381 e. The van der Waals surface area contributed by atoms with Crippen LogP contribution in [0.1, 0.15) is 42.4 Å². The largest absolute Gasteiger partial charge is 0.430 e. The summed E-state index contributed by atoms with van der Waals surface area (Å²) in [5.41, 5.74) is -8.02. The van der Waals surface area contributed by atoms with Crippen LogP contribution in [0.15, 0.2) is 71.6 Å². The molecule has 3 aromatic carbocycles.